The fourth-order valence-corrected chi connectivity index (χ4v) is 1.25. The van der Waals surface area contributed by atoms with E-state index in [9.17, 15) is 4.39 Å². The highest BCUT2D eigenvalue weighted by Gasteiger charge is 1.94. The highest BCUT2D eigenvalue weighted by atomic mass is 19.1. The topological polar surface area (TPSA) is 3.24 Å². The summed E-state index contributed by atoms with van der Waals surface area (Å²) >= 11 is 0. The number of rotatable bonds is 4. The molecule has 0 aliphatic rings. The molecule has 1 aromatic rings. The summed E-state index contributed by atoms with van der Waals surface area (Å²) in [5.41, 5.74) is 1.21. The SMILES string of the molecule is CN(C)CCCc1ccc(F)cc1. The molecule has 0 atom stereocenters. The molecule has 0 N–H and O–H groups in total. The van der Waals surface area contributed by atoms with E-state index in [0.29, 0.717) is 0 Å². The van der Waals surface area contributed by atoms with Gasteiger partial charge in [0.2, 0.25) is 0 Å². The first-order chi connectivity index (χ1) is 6.18. The highest BCUT2D eigenvalue weighted by molar-refractivity contribution is 5.15. The first-order valence-corrected chi connectivity index (χ1v) is 4.57. The molecule has 0 aliphatic carbocycles. The summed E-state index contributed by atoms with van der Waals surface area (Å²) in [6, 6.07) is 6.74. The van der Waals surface area contributed by atoms with E-state index in [0.717, 1.165) is 19.4 Å². The van der Waals surface area contributed by atoms with Gasteiger partial charge in [-0.15, -0.1) is 0 Å². The van der Waals surface area contributed by atoms with Gasteiger partial charge in [0.25, 0.3) is 0 Å². The lowest BCUT2D eigenvalue weighted by Gasteiger charge is -2.08. The largest absolute Gasteiger partial charge is 0.309 e. The molecule has 72 valence electrons. The van der Waals surface area contributed by atoms with Crippen molar-refractivity contribution < 1.29 is 4.39 Å². The van der Waals surface area contributed by atoms with Crippen LogP contribution in [0.4, 0.5) is 4.39 Å². The summed E-state index contributed by atoms with van der Waals surface area (Å²) in [6.45, 7) is 1.08. The Labute approximate surface area is 79.2 Å². The van der Waals surface area contributed by atoms with Crippen molar-refractivity contribution in [2.24, 2.45) is 0 Å². The van der Waals surface area contributed by atoms with Crippen molar-refractivity contribution in [3.05, 3.63) is 35.6 Å². The van der Waals surface area contributed by atoms with Crippen LogP contribution in [-0.2, 0) is 6.42 Å². The summed E-state index contributed by atoms with van der Waals surface area (Å²) in [7, 11) is 4.12. The van der Waals surface area contributed by atoms with E-state index in [1.54, 1.807) is 0 Å². The van der Waals surface area contributed by atoms with E-state index in [1.165, 1.54) is 17.7 Å². The van der Waals surface area contributed by atoms with Crippen LogP contribution < -0.4 is 0 Å². The Morgan fingerprint density at radius 3 is 2.31 bits per heavy atom. The normalized spacial score (nSPS) is 10.8. The van der Waals surface area contributed by atoms with Crippen LogP contribution in [0.25, 0.3) is 0 Å². The predicted octanol–water partition coefficient (Wildman–Crippen LogP) is 2.32. The second-order valence-electron chi connectivity index (χ2n) is 3.53. The zero-order chi connectivity index (χ0) is 9.68. The maximum atomic E-state index is 12.5. The molecule has 0 radical (unpaired) electrons. The van der Waals surface area contributed by atoms with Gasteiger partial charge in [-0.2, -0.15) is 0 Å². The molecule has 0 unspecified atom stereocenters. The molecular weight excluding hydrogens is 165 g/mol. The van der Waals surface area contributed by atoms with E-state index in [-0.39, 0.29) is 5.82 Å². The van der Waals surface area contributed by atoms with Crippen molar-refractivity contribution in [1.82, 2.24) is 4.90 Å². The second kappa shape index (κ2) is 4.97. The van der Waals surface area contributed by atoms with Gasteiger partial charge in [-0.3, -0.25) is 0 Å². The lowest BCUT2D eigenvalue weighted by atomic mass is 10.1. The molecular formula is C11H16FN. The molecule has 0 aliphatic heterocycles. The Morgan fingerprint density at radius 2 is 1.77 bits per heavy atom. The first kappa shape index (κ1) is 10.2. The van der Waals surface area contributed by atoms with Crippen molar-refractivity contribution in [3.63, 3.8) is 0 Å². The Kier molecular flexibility index (Phi) is 3.90. The maximum Gasteiger partial charge on any atom is 0.123 e. The van der Waals surface area contributed by atoms with E-state index < -0.39 is 0 Å². The van der Waals surface area contributed by atoms with E-state index in [1.807, 2.05) is 12.1 Å². The third kappa shape index (κ3) is 4.04. The molecule has 0 bridgehead atoms. The molecule has 0 spiro atoms. The summed E-state index contributed by atoms with van der Waals surface area (Å²) < 4.78 is 12.5. The van der Waals surface area contributed by atoms with Gasteiger partial charge in [0, 0.05) is 0 Å². The van der Waals surface area contributed by atoms with Crippen molar-refractivity contribution in [1.29, 1.82) is 0 Å². The molecule has 0 heterocycles. The fourth-order valence-electron chi connectivity index (χ4n) is 1.25. The lowest BCUT2D eigenvalue weighted by Crippen LogP contribution is -2.13. The van der Waals surface area contributed by atoms with Gasteiger partial charge in [-0.1, -0.05) is 12.1 Å². The summed E-state index contributed by atoms with van der Waals surface area (Å²) in [6.07, 6.45) is 2.15. The minimum Gasteiger partial charge on any atom is -0.309 e. The summed E-state index contributed by atoms with van der Waals surface area (Å²) in [5.74, 6) is -0.156. The summed E-state index contributed by atoms with van der Waals surface area (Å²) in [5, 5.41) is 0. The number of hydrogen-bond acceptors (Lipinski definition) is 1. The molecule has 2 heteroatoms. The quantitative estimate of drug-likeness (QED) is 0.689. The van der Waals surface area contributed by atoms with Gasteiger partial charge in [-0.25, -0.2) is 4.39 Å². The number of nitrogens with zero attached hydrogens (tertiary/aromatic N) is 1. The Bertz CT molecular complexity index is 241. The minimum absolute atomic E-state index is 0.156. The van der Waals surface area contributed by atoms with Gasteiger partial charge in [0.05, 0.1) is 0 Å². The Morgan fingerprint density at radius 1 is 1.15 bits per heavy atom. The van der Waals surface area contributed by atoms with Gasteiger partial charge >= 0.3 is 0 Å². The minimum atomic E-state index is -0.156. The zero-order valence-electron chi connectivity index (χ0n) is 8.26. The Balaban J connectivity index is 2.33. The van der Waals surface area contributed by atoms with Crippen molar-refractivity contribution >= 4 is 0 Å². The molecule has 1 nitrogen and oxygen atoms in total. The van der Waals surface area contributed by atoms with Crippen LogP contribution in [0.1, 0.15) is 12.0 Å². The van der Waals surface area contributed by atoms with Gasteiger partial charge < -0.3 is 4.90 Å². The fraction of sp³-hybridized carbons (Fsp3) is 0.455. The lowest BCUT2D eigenvalue weighted by molar-refractivity contribution is 0.400. The Hall–Kier alpha value is -0.890. The van der Waals surface area contributed by atoms with Crippen LogP contribution >= 0.6 is 0 Å². The molecule has 1 aromatic carbocycles. The van der Waals surface area contributed by atoms with Gasteiger partial charge in [-0.05, 0) is 51.2 Å². The van der Waals surface area contributed by atoms with Crippen LogP contribution in [0.15, 0.2) is 24.3 Å². The summed E-state index contributed by atoms with van der Waals surface area (Å²) in [4.78, 5) is 2.16. The average Bonchev–Trinajstić information content (AvgIpc) is 2.08. The molecule has 0 saturated heterocycles. The number of benzene rings is 1. The third-order valence-electron chi connectivity index (χ3n) is 1.98. The molecule has 0 amide bonds. The average molecular weight is 181 g/mol. The molecule has 1 rings (SSSR count). The van der Waals surface area contributed by atoms with Crippen LogP contribution in [0.3, 0.4) is 0 Å². The highest BCUT2D eigenvalue weighted by Crippen LogP contribution is 2.05. The van der Waals surface area contributed by atoms with Crippen LogP contribution in [-0.4, -0.2) is 25.5 Å². The molecule has 0 fully saturated rings. The van der Waals surface area contributed by atoms with Gasteiger partial charge in [0.15, 0.2) is 0 Å². The smallest absolute Gasteiger partial charge is 0.123 e. The number of hydrogen-bond donors (Lipinski definition) is 0. The van der Waals surface area contributed by atoms with E-state index in [4.69, 9.17) is 0 Å². The van der Waals surface area contributed by atoms with Crippen LogP contribution in [0.5, 0.6) is 0 Å². The van der Waals surface area contributed by atoms with Crippen molar-refractivity contribution in [3.8, 4) is 0 Å². The molecule has 0 saturated carbocycles. The number of aryl methyl sites for hydroxylation is 1. The maximum absolute atomic E-state index is 12.5. The van der Waals surface area contributed by atoms with Crippen LogP contribution in [0.2, 0.25) is 0 Å². The standard InChI is InChI=1S/C11H16FN/c1-13(2)9-3-4-10-5-7-11(12)8-6-10/h5-8H,3-4,9H2,1-2H3. The zero-order valence-corrected chi connectivity index (χ0v) is 8.26. The second-order valence-corrected chi connectivity index (χ2v) is 3.53. The monoisotopic (exact) mass is 181 g/mol. The van der Waals surface area contributed by atoms with Crippen LogP contribution in [0, 0.1) is 5.82 Å². The molecule has 0 aromatic heterocycles. The first-order valence-electron chi connectivity index (χ1n) is 4.57. The number of halogens is 1. The van der Waals surface area contributed by atoms with E-state index in [2.05, 4.69) is 19.0 Å². The third-order valence-corrected chi connectivity index (χ3v) is 1.98. The molecule has 13 heavy (non-hydrogen) atoms. The van der Waals surface area contributed by atoms with E-state index >= 15 is 0 Å². The van der Waals surface area contributed by atoms with Crippen molar-refractivity contribution in [2.45, 2.75) is 12.8 Å². The van der Waals surface area contributed by atoms with Gasteiger partial charge in [0.1, 0.15) is 5.82 Å². The van der Waals surface area contributed by atoms with Crippen molar-refractivity contribution in [2.75, 3.05) is 20.6 Å². The predicted molar refractivity (Wildman–Crippen MR) is 53.3 cm³/mol.